The van der Waals surface area contributed by atoms with Gasteiger partial charge in [-0.15, -0.1) is 0 Å². The summed E-state index contributed by atoms with van der Waals surface area (Å²) in [5.74, 6) is 1.08. The summed E-state index contributed by atoms with van der Waals surface area (Å²) in [4.78, 5) is 10.7. The first-order valence-corrected chi connectivity index (χ1v) is 6.96. The van der Waals surface area contributed by atoms with E-state index >= 15 is 0 Å². The van der Waals surface area contributed by atoms with Gasteiger partial charge in [0, 0.05) is 6.42 Å². The topological polar surface area (TPSA) is 38.3 Å². The van der Waals surface area contributed by atoms with Crippen molar-refractivity contribution in [1.29, 1.82) is 0 Å². The summed E-state index contributed by atoms with van der Waals surface area (Å²) in [6, 6.07) is 10.5. The second-order valence-corrected chi connectivity index (χ2v) is 5.20. The summed E-state index contributed by atoms with van der Waals surface area (Å²) >= 11 is 0. The van der Waals surface area contributed by atoms with E-state index < -0.39 is 0 Å². The fourth-order valence-corrected chi connectivity index (χ4v) is 2.05. The highest BCUT2D eigenvalue weighted by atomic mass is 16.5. The number of hydrogen-bond acceptors (Lipinski definition) is 3. The smallest absolute Gasteiger partial charge is 0.305 e. The summed E-state index contributed by atoms with van der Waals surface area (Å²) < 4.78 is 4.55. The highest BCUT2D eigenvalue weighted by Gasteiger charge is 2.17. The lowest BCUT2D eigenvalue weighted by atomic mass is 10.0. The van der Waals surface area contributed by atoms with Gasteiger partial charge in [0.25, 0.3) is 0 Å². The van der Waals surface area contributed by atoms with E-state index in [2.05, 4.69) is 48.2 Å². The van der Waals surface area contributed by atoms with Gasteiger partial charge < -0.3 is 10.1 Å². The molecule has 1 atom stereocenters. The number of hydrogen-bond donors (Lipinski definition) is 1. The Kier molecular flexibility index (Phi) is 7.19. The van der Waals surface area contributed by atoms with Crippen LogP contribution in [0.25, 0.3) is 0 Å². The van der Waals surface area contributed by atoms with Crippen molar-refractivity contribution >= 4 is 5.97 Å². The summed E-state index contributed by atoms with van der Waals surface area (Å²) in [5.41, 5.74) is 1.41. The average Bonchev–Trinajstić information content (AvgIpc) is 2.93. The summed E-state index contributed by atoms with van der Waals surface area (Å²) in [5, 5.41) is 3.19. The highest BCUT2D eigenvalue weighted by molar-refractivity contribution is 5.69. The Labute approximate surface area is 116 Å². The maximum atomic E-state index is 10.7. The lowest BCUT2D eigenvalue weighted by Crippen LogP contribution is -2.13. The van der Waals surface area contributed by atoms with Gasteiger partial charge in [-0.1, -0.05) is 44.2 Å². The van der Waals surface area contributed by atoms with E-state index in [0.29, 0.717) is 18.3 Å². The fraction of sp³-hybridized carbons (Fsp3) is 0.562. The van der Waals surface area contributed by atoms with Gasteiger partial charge in [0.1, 0.15) is 0 Å². The van der Waals surface area contributed by atoms with Gasteiger partial charge >= 0.3 is 5.97 Å². The van der Waals surface area contributed by atoms with Crippen molar-refractivity contribution in [3.63, 3.8) is 0 Å². The summed E-state index contributed by atoms with van der Waals surface area (Å²) in [7, 11) is 1.44. The van der Waals surface area contributed by atoms with E-state index in [1.54, 1.807) is 0 Å². The van der Waals surface area contributed by atoms with Crippen molar-refractivity contribution in [3.8, 4) is 0 Å². The molecule has 0 aliphatic carbocycles. The standard InChI is InChI=1S/C9H12.C7H13NO2/c1-8(2)9-6-4-3-5-7-9;1-10-7(9)4-6-2-3-8-5-6/h3-8H,1-2H3;6,8H,2-5H2,1H3/t;6-/m.1/s1. The zero-order chi connectivity index (χ0) is 14.1. The fourth-order valence-electron chi connectivity index (χ4n) is 2.05. The Morgan fingerprint density at radius 3 is 2.47 bits per heavy atom. The van der Waals surface area contributed by atoms with Crippen LogP contribution >= 0.6 is 0 Å². The minimum Gasteiger partial charge on any atom is -0.469 e. The molecule has 1 heterocycles. The van der Waals surface area contributed by atoms with Gasteiger partial charge in [0.15, 0.2) is 0 Å². The molecule has 0 aromatic heterocycles. The molecule has 1 aromatic carbocycles. The third-order valence-corrected chi connectivity index (χ3v) is 3.31. The number of ether oxygens (including phenoxy) is 1. The van der Waals surface area contributed by atoms with Gasteiger partial charge in [-0.3, -0.25) is 4.79 Å². The van der Waals surface area contributed by atoms with Crippen LogP contribution in [-0.4, -0.2) is 26.2 Å². The molecule has 106 valence electrons. The zero-order valence-corrected chi connectivity index (χ0v) is 12.2. The second-order valence-electron chi connectivity index (χ2n) is 5.20. The van der Waals surface area contributed by atoms with E-state index in [4.69, 9.17) is 0 Å². The average molecular weight is 263 g/mol. The lowest BCUT2D eigenvalue weighted by molar-refractivity contribution is -0.141. The summed E-state index contributed by atoms with van der Waals surface area (Å²) in [6.45, 7) is 6.42. The molecule has 1 fully saturated rings. The van der Waals surface area contributed by atoms with Crippen LogP contribution < -0.4 is 5.32 Å². The van der Waals surface area contributed by atoms with Crippen molar-refractivity contribution < 1.29 is 9.53 Å². The van der Waals surface area contributed by atoms with Crippen LogP contribution in [0.5, 0.6) is 0 Å². The molecule has 3 nitrogen and oxygen atoms in total. The molecule has 3 heteroatoms. The van der Waals surface area contributed by atoms with Crippen LogP contribution in [0.15, 0.2) is 30.3 Å². The normalized spacial score (nSPS) is 17.8. The quantitative estimate of drug-likeness (QED) is 0.852. The Morgan fingerprint density at radius 1 is 1.37 bits per heavy atom. The molecule has 1 aromatic rings. The Hall–Kier alpha value is -1.35. The van der Waals surface area contributed by atoms with Crippen LogP contribution in [0.2, 0.25) is 0 Å². The second kappa shape index (κ2) is 8.70. The first-order chi connectivity index (χ1) is 9.13. The molecule has 0 amide bonds. The first-order valence-electron chi connectivity index (χ1n) is 6.96. The van der Waals surface area contributed by atoms with Gasteiger partial charge in [0.05, 0.1) is 7.11 Å². The van der Waals surface area contributed by atoms with Crippen molar-refractivity contribution in [2.75, 3.05) is 20.2 Å². The van der Waals surface area contributed by atoms with Crippen molar-refractivity contribution in [2.24, 2.45) is 5.92 Å². The minimum atomic E-state index is -0.0892. The van der Waals surface area contributed by atoms with Crippen LogP contribution in [0.4, 0.5) is 0 Å². The number of nitrogens with one attached hydrogen (secondary N) is 1. The van der Waals surface area contributed by atoms with Crippen LogP contribution in [0.1, 0.15) is 38.2 Å². The Bertz CT molecular complexity index is 356. The molecule has 1 aliphatic heterocycles. The zero-order valence-electron chi connectivity index (χ0n) is 12.2. The maximum Gasteiger partial charge on any atom is 0.305 e. The number of methoxy groups -OCH3 is 1. The molecule has 19 heavy (non-hydrogen) atoms. The third kappa shape index (κ3) is 6.39. The maximum absolute atomic E-state index is 10.7. The molecule has 0 saturated carbocycles. The third-order valence-electron chi connectivity index (χ3n) is 3.31. The summed E-state index contributed by atoms with van der Waals surface area (Å²) in [6.07, 6.45) is 1.68. The van der Waals surface area contributed by atoms with Crippen LogP contribution in [0.3, 0.4) is 0 Å². The molecule has 1 N–H and O–H groups in total. The first kappa shape index (κ1) is 15.7. The predicted octanol–water partition coefficient (Wildman–Crippen LogP) is 2.97. The largest absolute Gasteiger partial charge is 0.469 e. The van der Waals surface area contributed by atoms with E-state index in [-0.39, 0.29) is 5.97 Å². The Balaban J connectivity index is 0.000000191. The Morgan fingerprint density at radius 2 is 2.05 bits per heavy atom. The molecule has 2 rings (SSSR count). The van der Waals surface area contributed by atoms with Crippen molar-refractivity contribution in [3.05, 3.63) is 35.9 Å². The number of rotatable bonds is 3. The lowest BCUT2D eigenvalue weighted by Gasteiger charge is -2.04. The molecular formula is C16H25NO2. The number of carbonyl (C=O) groups is 1. The van der Waals surface area contributed by atoms with E-state index in [0.717, 1.165) is 19.5 Å². The van der Waals surface area contributed by atoms with Gasteiger partial charge in [-0.25, -0.2) is 0 Å². The van der Waals surface area contributed by atoms with E-state index in [9.17, 15) is 4.79 Å². The molecule has 0 radical (unpaired) electrons. The number of carbonyl (C=O) groups excluding carboxylic acids is 1. The molecule has 0 unspecified atom stereocenters. The van der Waals surface area contributed by atoms with Crippen molar-refractivity contribution in [2.45, 2.75) is 32.6 Å². The van der Waals surface area contributed by atoms with Gasteiger partial charge in [0.2, 0.25) is 0 Å². The minimum absolute atomic E-state index is 0.0892. The molecular weight excluding hydrogens is 238 g/mol. The molecule has 0 spiro atoms. The number of esters is 1. The SMILES string of the molecule is CC(C)c1ccccc1.COC(=O)C[C@H]1CCNC1. The number of benzene rings is 1. The van der Waals surface area contributed by atoms with Crippen molar-refractivity contribution in [1.82, 2.24) is 5.32 Å². The molecule has 0 bridgehead atoms. The highest BCUT2D eigenvalue weighted by Crippen LogP contribution is 2.12. The predicted molar refractivity (Wildman–Crippen MR) is 78.1 cm³/mol. The molecule has 1 saturated heterocycles. The monoisotopic (exact) mass is 263 g/mol. The molecule has 1 aliphatic rings. The van der Waals surface area contributed by atoms with Crippen LogP contribution in [0, 0.1) is 5.92 Å². The van der Waals surface area contributed by atoms with Crippen LogP contribution in [-0.2, 0) is 9.53 Å². The van der Waals surface area contributed by atoms with E-state index in [1.165, 1.54) is 12.7 Å². The van der Waals surface area contributed by atoms with Gasteiger partial charge in [-0.05, 0) is 36.9 Å². The van der Waals surface area contributed by atoms with E-state index in [1.807, 2.05) is 6.07 Å². The van der Waals surface area contributed by atoms with Gasteiger partial charge in [-0.2, -0.15) is 0 Å².